The zero-order valence-corrected chi connectivity index (χ0v) is 9.08. The van der Waals surface area contributed by atoms with Gasteiger partial charge in [-0.25, -0.2) is 4.39 Å². The van der Waals surface area contributed by atoms with Crippen LogP contribution in [-0.4, -0.2) is 14.2 Å². The van der Waals surface area contributed by atoms with Crippen LogP contribution in [0.2, 0.25) is 0 Å². The van der Waals surface area contributed by atoms with Gasteiger partial charge in [-0.1, -0.05) is 0 Å². The number of rotatable bonds is 3. The normalized spacial score (nSPS) is 12.8. The molecule has 8 heteroatoms. The van der Waals surface area contributed by atoms with Crippen LogP contribution in [0.25, 0.3) is 0 Å². The molecule has 0 saturated carbocycles. The highest BCUT2D eigenvalue weighted by Gasteiger charge is 2.33. The first kappa shape index (κ1) is 13.9. The Labute approximate surface area is 94.3 Å². The van der Waals surface area contributed by atoms with E-state index in [4.69, 9.17) is 0 Å². The number of hydrogen-bond donors (Lipinski definition) is 0. The lowest BCUT2D eigenvalue weighted by Crippen LogP contribution is -2.12. The van der Waals surface area contributed by atoms with Crippen LogP contribution >= 0.6 is 0 Å². The molecule has 0 aliphatic heterocycles. The van der Waals surface area contributed by atoms with Gasteiger partial charge >= 0.3 is 16.4 Å². The first-order valence-corrected chi connectivity index (χ1v) is 5.93. The Morgan fingerprint density at radius 1 is 1.18 bits per heavy atom. The lowest BCUT2D eigenvalue weighted by atomic mass is 10.0. The van der Waals surface area contributed by atoms with Crippen LogP contribution in [0, 0.1) is 5.82 Å². The van der Waals surface area contributed by atoms with Crippen molar-refractivity contribution in [2.45, 2.75) is 12.6 Å². The molecule has 0 amide bonds. The van der Waals surface area contributed by atoms with E-state index in [0.717, 1.165) is 0 Å². The second-order valence-corrected chi connectivity index (χ2v) is 4.78. The number of alkyl halides is 3. The van der Waals surface area contributed by atoms with Crippen LogP contribution in [0.1, 0.15) is 11.1 Å². The molecule has 0 saturated heterocycles. The Morgan fingerprint density at radius 3 is 2.24 bits per heavy atom. The van der Waals surface area contributed by atoms with E-state index in [1.807, 2.05) is 0 Å². The third-order valence-electron chi connectivity index (χ3n) is 1.99. The molecule has 0 bridgehead atoms. The summed E-state index contributed by atoms with van der Waals surface area (Å²) in [7, 11) is -4.89. The number of aryl methyl sites for hydroxylation is 1. The minimum atomic E-state index is -4.89. The van der Waals surface area contributed by atoms with Gasteiger partial charge in [0.15, 0.2) is 0 Å². The Hall–Kier alpha value is -1.18. The van der Waals surface area contributed by atoms with E-state index in [0.29, 0.717) is 18.2 Å². The minimum absolute atomic E-state index is 0.496. The molecule has 1 aromatic carbocycles. The maximum absolute atomic E-state index is 12.7. The summed E-state index contributed by atoms with van der Waals surface area (Å²) in [6.45, 7) is 0. The standard InChI is InChI=1S/C9H7F5O2S/c10-7-1-2-8(9(11,12)13)6(5-7)3-4-17(14,15)16/h1-2,5H,3-4H2. The van der Waals surface area contributed by atoms with E-state index >= 15 is 0 Å². The average molecular weight is 274 g/mol. The molecule has 0 unspecified atom stereocenters. The molecular weight excluding hydrogens is 267 g/mol. The highest BCUT2D eigenvalue weighted by molar-refractivity contribution is 7.86. The second kappa shape index (κ2) is 4.59. The van der Waals surface area contributed by atoms with Crippen LogP contribution < -0.4 is 0 Å². The Balaban J connectivity index is 3.08. The van der Waals surface area contributed by atoms with Crippen molar-refractivity contribution in [1.82, 2.24) is 0 Å². The lowest BCUT2D eigenvalue weighted by Gasteiger charge is -2.12. The second-order valence-electron chi connectivity index (χ2n) is 3.29. The molecule has 0 N–H and O–H groups in total. The fourth-order valence-corrected chi connectivity index (χ4v) is 1.74. The molecule has 0 aliphatic rings. The van der Waals surface area contributed by atoms with Gasteiger partial charge in [0.1, 0.15) is 5.82 Å². The van der Waals surface area contributed by atoms with Gasteiger partial charge in [0.05, 0.1) is 11.3 Å². The molecule has 0 aromatic heterocycles. The fourth-order valence-electron chi connectivity index (χ4n) is 1.28. The van der Waals surface area contributed by atoms with Crippen LogP contribution in [0.15, 0.2) is 18.2 Å². The van der Waals surface area contributed by atoms with E-state index < -0.39 is 45.5 Å². The van der Waals surface area contributed by atoms with Crippen molar-refractivity contribution in [2.24, 2.45) is 0 Å². The van der Waals surface area contributed by atoms with Gasteiger partial charge in [0.2, 0.25) is 0 Å². The highest BCUT2D eigenvalue weighted by Crippen LogP contribution is 2.32. The summed E-state index contributed by atoms with van der Waals surface area (Å²) in [5.74, 6) is -2.05. The van der Waals surface area contributed by atoms with Gasteiger partial charge in [0.25, 0.3) is 0 Å². The molecule has 96 valence electrons. The van der Waals surface area contributed by atoms with E-state index in [9.17, 15) is 29.9 Å². The maximum Gasteiger partial charge on any atom is 0.416 e. The lowest BCUT2D eigenvalue weighted by molar-refractivity contribution is -0.138. The van der Waals surface area contributed by atoms with E-state index in [1.165, 1.54) is 0 Å². The van der Waals surface area contributed by atoms with Crippen molar-refractivity contribution in [2.75, 3.05) is 5.75 Å². The van der Waals surface area contributed by atoms with Crippen LogP contribution in [0.3, 0.4) is 0 Å². The molecule has 0 spiro atoms. The van der Waals surface area contributed by atoms with Gasteiger partial charge in [-0.15, -0.1) is 3.89 Å². The van der Waals surface area contributed by atoms with Gasteiger partial charge in [-0.2, -0.15) is 21.6 Å². The van der Waals surface area contributed by atoms with Crippen molar-refractivity contribution in [3.05, 3.63) is 35.1 Å². The first-order valence-electron chi connectivity index (χ1n) is 4.37. The number of hydrogen-bond acceptors (Lipinski definition) is 2. The van der Waals surface area contributed by atoms with Gasteiger partial charge in [-0.05, 0) is 30.2 Å². The zero-order valence-electron chi connectivity index (χ0n) is 8.26. The topological polar surface area (TPSA) is 34.1 Å². The molecule has 0 fully saturated rings. The summed E-state index contributed by atoms with van der Waals surface area (Å²) in [4.78, 5) is 0. The first-order chi connectivity index (χ1) is 7.59. The van der Waals surface area contributed by atoms with Gasteiger partial charge in [-0.3, -0.25) is 0 Å². The minimum Gasteiger partial charge on any atom is -0.207 e. The summed E-state index contributed by atoms with van der Waals surface area (Å²) in [6, 6.07) is 1.65. The number of benzene rings is 1. The van der Waals surface area contributed by atoms with Crippen molar-refractivity contribution >= 4 is 10.2 Å². The van der Waals surface area contributed by atoms with Crippen molar-refractivity contribution in [3.8, 4) is 0 Å². The van der Waals surface area contributed by atoms with Crippen LogP contribution in [0.4, 0.5) is 21.4 Å². The van der Waals surface area contributed by atoms with Crippen molar-refractivity contribution in [3.63, 3.8) is 0 Å². The fraction of sp³-hybridized carbons (Fsp3) is 0.333. The smallest absolute Gasteiger partial charge is 0.207 e. The molecule has 17 heavy (non-hydrogen) atoms. The van der Waals surface area contributed by atoms with Crippen LogP contribution in [0.5, 0.6) is 0 Å². The molecule has 0 heterocycles. The summed E-state index contributed by atoms with van der Waals surface area (Å²) in [5, 5.41) is 0. The Kier molecular flexibility index (Phi) is 3.75. The Bertz CT molecular complexity index is 507. The van der Waals surface area contributed by atoms with E-state index in [1.54, 1.807) is 0 Å². The quantitative estimate of drug-likeness (QED) is 0.627. The summed E-state index contributed by atoms with van der Waals surface area (Å²) < 4.78 is 82.7. The molecule has 1 aromatic rings. The SMILES string of the molecule is O=S(=O)(F)CCc1cc(F)ccc1C(F)(F)F. The summed E-state index contributed by atoms with van der Waals surface area (Å²) in [6.07, 6.45) is -5.46. The van der Waals surface area contributed by atoms with Crippen LogP contribution in [-0.2, 0) is 22.8 Å². The van der Waals surface area contributed by atoms with E-state index in [-0.39, 0.29) is 0 Å². The molecular formula is C9H7F5O2S. The molecule has 0 radical (unpaired) electrons. The van der Waals surface area contributed by atoms with Gasteiger partial charge < -0.3 is 0 Å². The molecule has 0 aliphatic carbocycles. The molecule has 2 nitrogen and oxygen atoms in total. The predicted molar refractivity (Wildman–Crippen MR) is 50.0 cm³/mol. The largest absolute Gasteiger partial charge is 0.416 e. The monoisotopic (exact) mass is 274 g/mol. The zero-order chi connectivity index (χ0) is 13.3. The third kappa shape index (κ3) is 4.29. The predicted octanol–water partition coefficient (Wildman–Crippen LogP) is 2.69. The summed E-state index contributed by atoms with van der Waals surface area (Å²) in [5.41, 5.74) is -1.75. The average Bonchev–Trinajstić information content (AvgIpc) is 2.11. The van der Waals surface area contributed by atoms with Crippen molar-refractivity contribution < 1.29 is 29.9 Å². The Morgan fingerprint density at radius 2 is 1.76 bits per heavy atom. The van der Waals surface area contributed by atoms with Gasteiger partial charge in [0, 0.05) is 0 Å². The number of halogens is 5. The maximum atomic E-state index is 12.7. The third-order valence-corrected chi connectivity index (χ3v) is 2.68. The highest BCUT2D eigenvalue weighted by atomic mass is 32.3. The summed E-state index contributed by atoms with van der Waals surface area (Å²) >= 11 is 0. The van der Waals surface area contributed by atoms with E-state index in [2.05, 4.69) is 0 Å². The van der Waals surface area contributed by atoms with Crippen molar-refractivity contribution in [1.29, 1.82) is 0 Å². The molecule has 1 rings (SSSR count). The molecule has 0 atom stereocenters.